The number of rotatable bonds is 4. The van der Waals surface area contributed by atoms with Crippen LogP contribution in [-0.2, 0) is 14.1 Å². The Morgan fingerprint density at radius 3 is 1.20 bits per heavy atom. The fraction of sp³-hybridized carbons (Fsp3) is 0.455. The highest BCUT2D eigenvalue weighted by Gasteiger charge is 2.80. The average molecular weight is 699 g/mol. The van der Waals surface area contributed by atoms with Gasteiger partial charge in [0.2, 0.25) is 0 Å². The average Bonchev–Trinajstić information content (AvgIpc) is 3.75. The van der Waals surface area contributed by atoms with Gasteiger partial charge < -0.3 is 9.13 Å². The molecule has 7 rings (SSSR count). The van der Waals surface area contributed by atoms with Gasteiger partial charge in [-0.1, -0.05) is 47.0 Å². The van der Waals surface area contributed by atoms with Crippen molar-refractivity contribution >= 4 is 70.3 Å². The van der Waals surface area contributed by atoms with Crippen molar-refractivity contribution in [3.8, 4) is 0 Å². The van der Waals surface area contributed by atoms with Crippen LogP contribution in [0.15, 0.2) is 40.2 Å². The Hall–Kier alpha value is -1.76. The van der Waals surface area contributed by atoms with E-state index in [1.165, 1.54) is 45.6 Å². The van der Waals surface area contributed by atoms with Gasteiger partial charge in [0.05, 0.1) is 8.47 Å². The summed E-state index contributed by atoms with van der Waals surface area (Å²) in [7, 11) is 3.30. The molecule has 5 aliphatic rings. The number of allylic oxidation sites excluding steroid dienone is 6. The van der Waals surface area contributed by atoms with Gasteiger partial charge in [0.25, 0.3) is 0 Å². The van der Waals surface area contributed by atoms with E-state index >= 15 is 26.3 Å². The van der Waals surface area contributed by atoms with Crippen LogP contribution in [-0.4, -0.2) is 26.9 Å². The zero-order valence-electron chi connectivity index (χ0n) is 25.3. The van der Waals surface area contributed by atoms with Crippen LogP contribution < -0.4 is 0 Å². The van der Waals surface area contributed by atoms with Gasteiger partial charge in [0.15, 0.2) is 0 Å². The molecule has 0 radical (unpaired) electrons. The molecule has 0 N–H and O–H groups in total. The molecule has 0 unspecified atom stereocenters. The van der Waals surface area contributed by atoms with E-state index in [4.69, 9.17) is 0 Å². The summed E-state index contributed by atoms with van der Waals surface area (Å²) < 4.78 is 98.9. The van der Waals surface area contributed by atoms with Crippen LogP contribution in [0.5, 0.6) is 0 Å². The van der Waals surface area contributed by atoms with E-state index in [9.17, 15) is 0 Å². The van der Waals surface area contributed by atoms with Gasteiger partial charge in [-0.05, 0) is 89.5 Å². The Kier molecular flexibility index (Phi) is 7.89. The third-order valence-corrected chi connectivity index (χ3v) is 14.8. The van der Waals surface area contributed by atoms with Crippen LogP contribution in [0, 0.1) is 13.8 Å². The second-order valence-corrected chi connectivity index (χ2v) is 17.2. The van der Waals surface area contributed by atoms with Gasteiger partial charge in [-0.25, -0.2) is 0 Å². The highest BCUT2D eigenvalue weighted by Crippen LogP contribution is 2.66. The van der Waals surface area contributed by atoms with E-state index in [0.717, 1.165) is 59.8 Å². The van der Waals surface area contributed by atoms with Crippen molar-refractivity contribution < 1.29 is 26.3 Å². The van der Waals surface area contributed by atoms with Crippen LogP contribution >= 0.6 is 47.0 Å². The lowest BCUT2D eigenvalue weighted by molar-refractivity contribution is -0.254. The third kappa shape index (κ3) is 4.89. The maximum absolute atomic E-state index is 15.8. The van der Waals surface area contributed by atoms with Crippen molar-refractivity contribution in [2.75, 3.05) is 0 Å². The Morgan fingerprint density at radius 1 is 0.578 bits per heavy atom. The minimum absolute atomic E-state index is 0.222. The molecule has 4 heterocycles. The number of hydrogen-bond donors (Lipinski definition) is 0. The molecule has 0 aromatic carbocycles. The van der Waals surface area contributed by atoms with E-state index in [2.05, 4.69) is 0 Å². The molecular weight excluding hydrogens is 667 g/mol. The predicted octanol–water partition coefficient (Wildman–Crippen LogP) is 11.9. The molecule has 0 amide bonds. The maximum Gasteiger partial charge on any atom is 0.380 e. The van der Waals surface area contributed by atoms with Gasteiger partial charge in [0, 0.05) is 78.8 Å². The van der Waals surface area contributed by atoms with Crippen LogP contribution in [0.25, 0.3) is 23.3 Å². The van der Waals surface area contributed by atoms with Crippen molar-refractivity contribution in [1.82, 2.24) is 9.13 Å². The summed E-state index contributed by atoms with van der Waals surface area (Å²) >= 11 is 6.57. The molecule has 2 aromatic heterocycles. The zero-order valence-corrected chi connectivity index (χ0v) is 28.5. The summed E-state index contributed by atoms with van der Waals surface area (Å²) in [6, 6.07) is 2.73. The lowest BCUT2D eigenvalue weighted by atomic mass is 9.94. The molecule has 0 spiro atoms. The smallest absolute Gasteiger partial charge is 0.348 e. The lowest BCUT2D eigenvalue weighted by Gasteiger charge is -2.25. The predicted molar refractivity (Wildman–Crippen MR) is 179 cm³/mol. The van der Waals surface area contributed by atoms with Crippen molar-refractivity contribution in [3.05, 3.63) is 74.1 Å². The Balaban J connectivity index is 1.34. The zero-order chi connectivity index (χ0) is 32.1. The molecule has 0 fully saturated rings. The second-order valence-electron chi connectivity index (χ2n) is 12.2. The number of aromatic nitrogens is 2. The minimum atomic E-state index is -5.60. The summed E-state index contributed by atoms with van der Waals surface area (Å²) in [6.07, 6.45) is 12.2. The Labute approximate surface area is 275 Å². The van der Waals surface area contributed by atoms with Crippen LogP contribution in [0.3, 0.4) is 0 Å². The topological polar surface area (TPSA) is 9.86 Å². The van der Waals surface area contributed by atoms with E-state index < -0.39 is 28.9 Å². The number of alkyl halides is 6. The van der Waals surface area contributed by atoms with Gasteiger partial charge in [-0.3, -0.25) is 0 Å². The molecule has 2 nitrogen and oxygen atoms in total. The molecular formula is C33H32F6N2S4. The molecule has 12 heteroatoms. The van der Waals surface area contributed by atoms with Crippen LogP contribution in [0.2, 0.25) is 0 Å². The van der Waals surface area contributed by atoms with Crippen LogP contribution in [0.1, 0.15) is 85.3 Å². The van der Waals surface area contributed by atoms with Gasteiger partial charge in [-0.15, -0.1) is 0 Å². The first kappa shape index (κ1) is 31.8. The fourth-order valence-corrected chi connectivity index (χ4v) is 12.3. The quantitative estimate of drug-likeness (QED) is 0.294. The van der Waals surface area contributed by atoms with Crippen molar-refractivity contribution in [3.63, 3.8) is 0 Å². The van der Waals surface area contributed by atoms with E-state index in [1.807, 2.05) is 12.2 Å². The lowest BCUT2D eigenvalue weighted by Crippen LogP contribution is -2.49. The first-order chi connectivity index (χ1) is 21.2. The number of halogens is 6. The Morgan fingerprint density at radius 2 is 0.889 bits per heavy atom. The Bertz CT molecular complexity index is 1620. The van der Waals surface area contributed by atoms with Crippen LogP contribution in [0.4, 0.5) is 26.3 Å². The standard InChI is InChI=1S/C33H32F6N2S4/c1-17-21(13-19(40(17)3)15-27-42-23-9-5-6-10-24(23)43-27)29-30(32(36,37)33(38,39)31(29,34)35)22-14-20(41(4)18(22)2)16-28-44-25-11-7-8-12-26(25)45-28/h13-16H,5-12H2,1-4H3. The maximum atomic E-state index is 15.8. The first-order valence-electron chi connectivity index (χ1n) is 15.0. The summed E-state index contributed by atoms with van der Waals surface area (Å²) in [4.78, 5) is 5.24. The minimum Gasteiger partial charge on any atom is -0.348 e. The normalized spacial score (nSPS) is 23.8. The molecule has 240 valence electrons. The van der Waals surface area contributed by atoms with E-state index in [-0.39, 0.29) is 22.5 Å². The monoisotopic (exact) mass is 698 g/mol. The molecule has 0 saturated heterocycles. The fourth-order valence-electron chi connectivity index (χ4n) is 6.68. The number of thioether (sulfide) groups is 4. The largest absolute Gasteiger partial charge is 0.380 e. The summed E-state index contributed by atoms with van der Waals surface area (Å²) in [6.45, 7) is 3.03. The van der Waals surface area contributed by atoms with E-state index in [0.29, 0.717) is 11.4 Å². The molecule has 0 saturated carbocycles. The van der Waals surface area contributed by atoms with Gasteiger partial charge in [0.1, 0.15) is 0 Å². The summed E-state index contributed by atoms with van der Waals surface area (Å²) in [5, 5.41) is 0. The highest BCUT2D eigenvalue weighted by atomic mass is 32.2. The number of nitrogens with zero attached hydrogens (tertiary/aromatic N) is 2. The summed E-state index contributed by atoms with van der Waals surface area (Å²) in [5.74, 6) is -15.8. The molecule has 45 heavy (non-hydrogen) atoms. The second kappa shape index (κ2) is 11.2. The SMILES string of the molecule is Cc1c(C2=C(c3cc(C=C4SC5=C(CCCC5)S4)n(C)c3C)C(F)(F)C(F)(F)C2(F)F)cc(C=C2SC3=C(CCCC3)S2)n1C. The molecule has 0 atom stereocenters. The molecule has 0 bridgehead atoms. The summed E-state index contributed by atoms with van der Waals surface area (Å²) in [5.41, 5.74) is -1.72. The molecule has 2 aromatic rings. The van der Waals surface area contributed by atoms with Crippen molar-refractivity contribution in [2.45, 2.75) is 83.0 Å². The molecule has 3 aliphatic carbocycles. The first-order valence-corrected chi connectivity index (χ1v) is 18.3. The van der Waals surface area contributed by atoms with Crippen molar-refractivity contribution in [2.24, 2.45) is 14.1 Å². The molecule has 2 aliphatic heterocycles. The number of hydrogen-bond acceptors (Lipinski definition) is 4. The highest BCUT2D eigenvalue weighted by molar-refractivity contribution is 8.29. The van der Waals surface area contributed by atoms with Gasteiger partial charge >= 0.3 is 17.8 Å². The van der Waals surface area contributed by atoms with E-state index in [1.54, 1.807) is 70.3 Å². The van der Waals surface area contributed by atoms with Crippen molar-refractivity contribution in [1.29, 1.82) is 0 Å². The third-order valence-electron chi connectivity index (χ3n) is 9.51. The van der Waals surface area contributed by atoms with Gasteiger partial charge in [-0.2, -0.15) is 26.3 Å².